The number of anilines is 1. The molecular formula is C31H32FN5O2S. The first-order valence-corrected chi connectivity index (χ1v) is 14.2. The van der Waals surface area contributed by atoms with E-state index in [2.05, 4.69) is 31.1 Å². The van der Waals surface area contributed by atoms with Crippen molar-refractivity contribution in [2.45, 2.75) is 44.9 Å². The fraction of sp³-hybridized carbons (Fsp3) is 0.290. The minimum atomic E-state index is -0.374. The van der Waals surface area contributed by atoms with Crippen LogP contribution in [0.15, 0.2) is 73.1 Å². The molecule has 9 heteroatoms. The molecule has 5 rings (SSSR count). The zero-order valence-corrected chi connectivity index (χ0v) is 23.8. The summed E-state index contributed by atoms with van der Waals surface area (Å²) < 4.78 is 15.7. The maximum Gasteiger partial charge on any atom is 0.240 e. The number of rotatable bonds is 6. The Bertz CT molecular complexity index is 1530. The number of aryl methyl sites for hydroxylation is 1. The quantitative estimate of drug-likeness (QED) is 0.339. The molecule has 0 aliphatic carbocycles. The van der Waals surface area contributed by atoms with Crippen molar-refractivity contribution < 1.29 is 14.0 Å². The van der Waals surface area contributed by atoms with Crippen LogP contribution in [0, 0.1) is 12.7 Å². The summed E-state index contributed by atoms with van der Waals surface area (Å²) >= 11 is 1.47. The normalized spacial score (nSPS) is 15.5. The van der Waals surface area contributed by atoms with Gasteiger partial charge in [0.1, 0.15) is 18.2 Å². The topological polar surface area (TPSA) is 80.1 Å². The molecule has 0 bridgehead atoms. The largest absolute Gasteiger partial charge is 0.350 e. The average Bonchev–Trinajstić information content (AvgIpc) is 3.27. The van der Waals surface area contributed by atoms with E-state index in [1.165, 1.54) is 23.9 Å². The summed E-state index contributed by atoms with van der Waals surface area (Å²) in [5, 5.41) is 7.75. The van der Waals surface area contributed by atoms with Crippen molar-refractivity contribution in [2.75, 3.05) is 17.2 Å². The maximum atomic E-state index is 13.9. The van der Waals surface area contributed by atoms with E-state index < -0.39 is 0 Å². The highest BCUT2D eigenvalue weighted by Gasteiger charge is 2.39. The summed E-state index contributed by atoms with van der Waals surface area (Å²) in [7, 11) is 0. The molecule has 2 aromatic heterocycles. The second-order valence-electron chi connectivity index (χ2n) is 10.9. The van der Waals surface area contributed by atoms with Crippen LogP contribution < -0.4 is 10.2 Å². The van der Waals surface area contributed by atoms with Crippen molar-refractivity contribution >= 4 is 29.4 Å². The van der Waals surface area contributed by atoms with Crippen LogP contribution in [0.5, 0.6) is 0 Å². The van der Waals surface area contributed by atoms with E-state index in [0.29, 0.717) is 12.4 Å². The molecule has 1 atom stereocenters. The molecule has 4 aromatic rings. The number of fused-ring (bicyclic) bond motifs is 1. The lowest BCUT2D eigenvalue weighted by atomic mass is 9.87. The number of halogens is 1. The van der Waals surface area contributed by atoms with Gasteiger partial charge in [-0.2, -0.15) is 5.10 Å². The van der Waals surface area contributed by atoms with Gasteiger partial charge in [0.25, 0.3) is 0 Å². The number of aromatic nitrogens is 3. The highest BCUT2D eigenvalue weighted by atomic mass is 32.2. The summed E-state index contributed by atoms with van der Waals surface area (Å²) in [6.45, 7) is 8.43. The minimum absolute atomic E-state index is 0.158. The zero-order chi connectivity index (χ0) is 28.4. The number of thioether (sulfide) groups is 1. The van der Waals surface area contributed by atoms with Crippen molar-refractivity contribution in [1.82, 2.24) is 20.1 Å². The van der Waals surface area contributed by atoms with Gasteiger partial charge in [0.05, 0.1) is 22.4 Å². The highest BCUT2D eigenvalue weighted by molar-refractivity contribution is 8.00. The Morgan fingerprint density at radius 2 is 1.82 bits per heavy atom. The lowest BCUT2D eigenvalue weighted by Crippen LogP contribution is -2.42. The Morgan fingerprint density at radius 1 is 1.10 bits per heavy atom. The molecule has 1 aliphatic heterocycles. The molecule has 2 aromatic carbocycles. The summed E-state index contributed by atoms with van der Waals surface area (Å²) in [5.41, 5.74) is 4.94. The van der Waals surface area contributed by atoms with Crippen LogP contribution in [0.3, 0.4) is 0 Å². The van der Waals surface area contributed by atoms with E-state index in [-0.39, 0.29) is 40.6 Å². The first-order chi connectivity index (χ1) is 19.1. The van der Waals surface area contributed by atoms with E-state index in [4.69, 9.17) is 5.10 Å². The van der Waals surface area contributed by atoms with Crippen molar-refractivity contribution in [3.8, 4) is 5.69 Å². The molecule has 206 valence electrons. The third-order valence-corrected chi connectivity index (χ3v) is 8.01. The second-order valence-corrected chi connectivity index (χ2v) is 12.0. The Balaban J connectivity index is 1.65. The number of nitrogens with zero attached hydrogens (tertiary/aromatic N) is 4. The van der Waals surface area contributed by atoms with Crippen LogP contribution in [-0.4, -0.2) is 38.9 Å². The van der Waals surface area contributed by atoms with Gasteiger partial charge in [-0.15, -0.1) is 11.8 Å². The Morgan fingerprint density at radius 3 is 2.50 bits per heavy atom. The van der Waals surface area contributed by atoms with Gasteiger partial charge in [0, 0.05) is 29.9 Å². The van der Waals surface area contributed by atoms with Crippen molar-refractivity contribution in [2.24, 2.45) is 0 Å². The molecule has 1 aliphatic rings. The number of carbonyl (C=O) groups excluding carboxylic acids is 2. The van der Waals surface area contributed by atoms with Crippen LogP contribution in [0.2, 0.25) is 0 Å². The third-order valence-electron chi connectivity index (χ3n) is 6.76. The molecule has 0 saturated carbocycles. The minimum Gasteiger partial charge on any atom is -0.350 e. The SMILES string of the molecule is Cc1cccc(-n2nc(C(C)(C)C)c3c2N(CC(=O)NCc2ccncc2)C(=O)CSC3c2ccc(F)cc2)c1. The number of hydrogen-bond donors (Lipinski definition) is 1. The molecular weight excluding hydrogens is 525 g/mol. The number of nitrogens with one attached hydrogen (secondary N) is 1. The Hall–Kier alpha value is -3.98. The molecule has 0 radical (unpaired) electrons. The van der Waals surface area contributed by atoms with Crippen molar-refractivity contribution in [1.29, 1.82) is 0 Å². The summed E-state index contributed by atoms with van der Waals surface area (Å²) in [6.07, 6.45) is 3.35. The van der Waals surface area contributed by atoms with Gasteiger partial charge in [-0.25, -0.2) is 9.07 Å². The standard InChI is InChI=1S/C31H32FN5O2S/c1-20-6-5-7-24(16-20)37-30-27(29(35-37)31(2,3)4)28(22-8-10-23(32)11-9-22)40-19-26(39)36(30)18-25(38)34-17-21-12-14-33-15-13-21/h5-16,28H,17-19H2,1-4H3,(H,34,38). The molecule has 2 amide bonds. The van der Waals surface area contributed by atoms with Crippen molar-refractivity contribution in [3.05, 3.63) is 107 Å². The molecule has 3 heterocycles. The number of amides is 2. The Labute approximate surface area is 237 Å². The predicted octanol–water partition coefficient (Wildman–Crippen LogP) is 5.50. The average molecular weight is 558 g/mol. The third kappa shape index (κ3) is 5.79. The van der Waals surface area contributed by atoms with Gasteiger partial charge in [-0.05, 0) is 60.0 Å². The van der Waals surface area contributed by atoms with Crippen LogP contribution in [0.1, 0.15) is 54.0 Å². The maximum absolute atomic E-state index is 13.9. The first-order valence-electron chi connectivity index (χ1n) is 13.2. The summed E-state index contributed by atoms with van der Waals surface area (Å²) in [4.78, 5) is 32.6. The summed E-state index contributed by atoms with van der Waals surface area (Å²) in [5.74, 6) is -0.0671. The number of pyridine rings is 1. The van der Waals surface area contributed by atoms with Crippen LogP contribution >= 0.6 is 11.8 Å². The zero-order valence-electron chi connectivity index (χ0n) is 23.0. The first kappa shape index (κ1) is 27.6. The smallest absolute Gasteiger partial charge is 0.240 e. The fourth-order valence-electron chi connectivity index (χ4n) is 4.81. The predicted molar refractivity (Wildman–Crippen MR) is 156 cm³/mol. The molecule has 1 unspecified atom stereocenters. The lowest BCUT2D eigenvalue weighted by molar-refractivity contribution is -0.123. The van der Waals surface area contributed by atoms with Gasteiger partial charge >= 0.3 is 0 Å². The molecule has 1 N–H and O–H groups in total. The van der Waals surface area contributed by atoms with E-state index in [0.717, 1.165) is 33.6 Å². The Kier molecular flexibility index (Phi) is 7.76. The van der Waals surface area contributed by atoms with Gasteiger partial charge < -0.3 is 5.32 Å². The molecule has 0 spiro atoms. The fourth-order valence-corrected chi connectivity index (χ4v) is 6.01. The number of hydrogen-bond acceptors (Lipinski definition) is 5. The van der Waals surface area contributed by atoms with E-state index in [1.807, 2.05) is 43.3 Å². The summed E-state index contributed by atoms with van der Waals surface area (Å²) in [6, 6.07) is 18.0. The van der Waals surface area contributed by atoms with E-state index in [9.17, 15) is 14.0 Å². The highest BCUT2D eigenvalue weighted by Crippen LogP contribution is 2.48. The van der Waals surface area contributed by atoms with Crippen molar-refractivity contribution in [3.63, 3.8) is 0 Å². The van der Waals surface area contributed by atoms with Crippen LogP contribution in [0.4, 0.5) is 10.2 Å². The van der Waals surface area contributed by atoms with Crippen LogP contribution in [0.25, 0.3) is 5.69 Å². The van der Waals surface area contributed by atoms with E-state index in [1.54, 1.807) is 34.1 Å². The van der Waals surface area contributed by atoms with Gasteiger partial charge in [0.15, 0.2) is 0 Å². The second kappa shape index (κ2) is 11.3. The number of benzene rings is 2. The monoisotopic (exact) mass is 557 g/mol. The van der Waals surface area contributed by atoms with Crippen LogP contribution in [-0.2, 0) is 21.5 Å². The lowest BCUT2D eigenvalue weighted by Gasteiger charge is -2.24. The van der Waals surface area contributed by atoms with Gasteiger partial charge in [-0.1, -0.05) is 45.0 Å². The molecule has 0 saturated heterocycles. The van der Waals surface area contributed by atoms with Gasteiger partial charge in [-0.3, -0.25) is 19.5 Å². The molecule has 0 fully saturated rings. The molecule has 7 nitrogen and oxygen atoms in total. The molecule has 40 heavy (non-hydrogen) atoms. The van der Waals surface area contributed by atoms with E-state index >= 15 is 0 Å². The van der Waals surface area contributed by atoms with Gasteiger partial charge in [0.2, 0.25) is 11.8 Å². The number of carbonyl (C=O) groups is 2.